The van der Waals surface area contributed by atoms with E-state index in [1.807, 2.05) is 45.9 Å². The second-order valence-corrected chi connectivity index (χ2v) is 7.85. The van der Waals surface area contributed by atoms with E-state index in [0.29, 0.717) is 22.7 Å². The van der Waals surface area contributed by atoms with Crippen LogP contribution in [-0.2, 0) is 9.59 Å². The summed E-state index contributed by atoms with van der Waals surface area (Å²) in [6, 6.07) is 11.1. The van der Waals surface area contributed by atoms with Gasteiger partial charge in [0.1, 0.15) is 5.57 Å². The molecular formula is C24H26N2O4S. The molecule has 1 saturated heterocycles. The number of carbonyl (C=O) groups is 2. The van der Waals surface area contributed by atoms with Crippen LogP contribution < -0.4 is 19.7 Å². The van der Waals surface area contributed by atoms with Crippen molar-refractivity contribution in [1.29, 1.82) is 0 Å². The van der Waals surface area contributed by atoms with Crippen molar-refractivity contribution in [2.24, 2.45) is 0 Å². The van der Waals surface area contributed by atoms with E-state index < -0.39 is 11.8 Å². The molecule has 1 heterocycles. The lowest BCUT2D eigenvalue weighted by atomic mass is 10.0. The summed E-state index contributed by atoms with van der Waals surface area (Å²) in [7, 11) is 1.55. The number of hydrogen-bond donors (Lipinski definition) is 1. The van der Waals surface area contributed by atoms with E-state index in [9.17, 15) is 9.59 Å². The lowest BCUT2D eigenvalue weighted by molar-refractivity contribution is -0.122. The molecular weight excluding hydrogens is 412 g/mol. The van der Waals surface area contributed by atoms with E-state index >= 15 is 0 Å². The van der Waals surface area contributed by atoms with Crippen molar-refractivity contribution < 1.29 is 19.1 Å². The molecule has 6 nitrogen and oxygen atoms in total. The van der Waals surface area contributed by atoms with Crippen molar-refractivity contribution in [3.8, 4) is 11.5 Å². The molecule has 1 atom stereocenters. The van der Waals surface area contributed by atoms with Gasteiger partial charge in [-0.05, 0) is 68.7 Å². The monoisotopic (exact) mass is 438 g/mol. The second-order valence-electron chi connectivity index (χ2n) is 7.46. The number of rotatable bonds is 6. The number of hydrogen-bond acceptors (Lipinski definition) is 5. The minimum absolute atomic E-state index is 0.0308. The minimum Gasteiger partial charge on any atom is -0.493 e. The van der Waals surface area contributed by atoms with E-state index in [1.54, 1.807) is 25.3 Å². The third-order valence-electron chi connectivity index (χ3n) is 5.13. The third-order valence-corrected chi connectivity index (χ3v) is 5.41. The van der Waals surface area contributed by atoms with Gasteiger partial charge in [0.05, 0.1) is 18.9 Å². The fourth-order valence-corrected chi connectivity index (χ4v) is 3.48. The molecule has 0 aromatic heterocycles. The summed E-state index contributed by atoms with van der Waals surface area (Å²) in [4.78, 5) is 27.5. The van der Waals surface area contributed by atoms with E-state index in [0.717, 1.165) is 17.5 Å². The SMILES string of the molecule is CC[C@@H](C)Oc1c(/C=C2\C(=O)NC(=S)N(c3cc(C)ccc3C)C2=O)cccc1OC. The van der Waals surface area contributed by atoms with E-state index in [2.05, 4.69) is 5.32 Å². The molecule has 1 fully saturated rings. The zero-order chi connectivity index (χ0) is 22.7. The van der Waals surface area contributed by atoms with Crippen molar-refractivity contribution in [3.63, 3.8) is 0 Å². The number of nitrogens with one attached hydrogen (secondary N) is 1. The lowest BCUT2D eigenvalue weighted by Crippen LogP contribution is -2.54. The van der Waals surface area contributed by atoms with Gasteiger partial charge in [-0.1, -0.05) is 31.2 Å². The van der Waals surface area contributed by atoms with Gasteiger partial charge in [0, 0.05) is 5.56 Å². The molecule has 0 radical (unpaired) electrons. The standard InChI is InChI=1S/C24H26N2O4S/c1-6-16(4)30-21-17(8-7-9-20(21)29-5)13-18-22(27)25-24(31)26(23(18)28)19-12-14(2)10-11-15(19)3/h7-13,16H,6H2,1-5H3,(H,25,27,31)/b18-13+/t16-/m1/s1. The molecule has 1 aliphatic heterocycles. The highest BCUT2D eigenvalue weighted by molar-refractivity contribution is 7.80. The molecule has 1 aliphatic rings. The summed E-state index contributed by atoms with van der Waals surface area (Å²) in [6.07, 6.45) is 2.25. The smallest absolute Gasteiger partial charge is 0.270 e. The van der Waals surface area contributed by atoms with Crippen molar-refractivity contribution in [3.05, 3.63) is 58.7 Å². The Kier molecular flexibility index (Phi) is 6.75. The highest BCUT2D eigenvalue weighted by atomic mass is 32.1. The van der Waals surface area contributed by atoms with Crippen molar-refractivity contribution >= 4 is 40.9 Å². The van der Waals surface area contributed by atoms with E-state index in [4.69, 9.17) is 21.7 Å². The first-order valence-electron chi connectivity index (χ1n) is 10.1. The number of ether oxygens (including phenoxy) is 2. The Morgan fingerprint density at radius 1 is 1.19 bits per heavy atom. The van der Waals surface area contributed by atoms with Crippen molar-refractivity contribution in [2.45, 2.75) is 40.2 Å². The van der Waals surface area contributed by atoms with E-state index in [-0.39, 0.29) is 16.8 Å². The van der Waals surface area contributed by atoms with Gasteiger partial charge in [-0.2, -0.15) is 0 Å². The molecule has 162 valence electrons. The van der Waals surface area contributed by atoms with Crippen molar-refractivity contribution in [2.75, 3.05) is 12.0 Å². The first-order valence-corrected chi connectivity index (χ1v) is 10.5. The highest BCUT2D eigenvalue weighted by Gasteiger charge is 2.35. The zero-order valence-corrected chi connectivity index (χ0v) is 19.1. The van der Waals surface area contributed by atoms with Crippen LogP contribution in [0, 0.1) is 13.8 Å². The van der Waals surface area contributed by atoms with Crippen LogP contribution in [0.3, 0.4) is 0 Å². The Hall–Kier alpha value is -3.19. The Morgan fingerprint density at radius 2 is 1.94 bits per heavy atom. The first-order chi connectivity index (χ1) is 14.8. The fraction of sp³-hybridized carbons (Fsp3) is 0.292. The molecule has 31 heavy (non-hydrogen) atoms. The van der Waals surface area contributed by atoms with Crippen LogP contribution in [0.2, 0.25) is 0 Å². The van der Waals surface area contributed by atoms with Gasteiger partial charge in [0.15, 0.2) is 16.6 Å². The maximum atomic E-state index is 13.4. The Bertz CT molecular complexity index is 1080. The van der Waals surface area contributed by atoms with Crippen LogP contribution in [0.4, 0.5) is 5.69 Å². The number of para-hydroxylation sites is 1. The molecule has 0 spiro atoms. The summed E-state index contributed by atoms with van der Waals surface area (Å²) in [5.74, 6) is -0.0206. The number of amides is 2. The Balaban J connectivity index is 2.10. The molecule has 7 heteroatoms. The van der Waals surface area contributed by atoms with Crippen LogP contribution >= 0.6 is 12.2 Å². The van der Waals surface area contributed by atoms with Gasteiger partial charge in [-0.15, -0.1) is 0 Å². The molecule has 0 bridgehead atoms. The zero-order valence-electron chi connectivity index (χ0n) is 18.3. The molecule has 2 aromatic rings. The normalized spacial score (nSPS) is 16.4. The number of anilines is 1. The first kappa shape index (κ1) is 22.5. The maximum Gasteiger partial charge on any atom is 0.270 e. The minimum atomic E-state index is -0.547. The molecule has 2 aromatic carbocycles. The van der Waals surface area contributed by atoms with Gasteiger partial charge in [0.25, 0.3) is 11.8 Å². The van der Waals surface area contributed by atoms with Gasteiger partial charge in [-0.3, -0.25) is 19.8 Å². The largest absolute Gasteiger partial charge is 0.493 e. The van der Waals surface area contributed by atoms with Gasteiger partial charge < -0.3 is 9.47 Å². The Morgan fingerprint density at radius 3 is 2.61 bits per heavy atom. The molecule has 0 saturated carbocycles. The third kappa shape index (κ3) is 4.61. The number of carbonyl (C=O) groups excluding carboxylic acids is 2. The summed E-state index contributed by atoms with van der Waals surface area (Å²) in [5, 5.41) is 2.69. The van der Waals surface area contributed by atoms with Crippen LogP contribution in [0.1, 0.15) is 37.0 Å². The number of thiocarbonyl (C=S) groups is 1. The summed E-state index contributed by atoms with van der Waals surface area (Å²) >= 11 is 5.32. The summed E-state index contributed by atoms with van der Waals surface area (Å²) < 4.78 is 11.5. The molecule has 0 aliphatic carbocycles. The van der Waals surface area contributed by atoms with Crippen LogP contribution in [0.15, 0.2) is 42.0 Å². The molecule has 2 amide bonds. The second kappa shape index (κ2) is 9.31. The Labute approximate surface area is 187 Å². The van der Waals surface area contributed by atoms with Crippen LogP contribution in [0.5, 0.6) is 11.5 Å². The van der Waals surface area contributed by atoms with Gasteiger partial charge in [0.2, 0.25) is 0 Å². The van der Waals surface area contributed by atoms with Gasteiger partial charge >= 0.3 is 0 Å². The number of nitrogens with zero attached hydrogens (tertiary/aromatic N) is 1. The fourth-order valence-electron chi connectivity index (χ4n) is 3.21. The average Bonchev–Trinajstić information content (AvgIpc) is 2.74. The lowest BCUT2D eigenvalue weighted by Gasteiger charge is -2.30. The summed E-state index contributed by atoms with van der Waals surface area (Å²) in [5.41, 5.74) is 3.04. The molecule has 1 N–H and O–H groups in total. The molecule has 0 unspecified atom stereocenters. The van der Waals surface area contributed by atoms with Crippen LogP contribution in [-0.4, -0.2) is 30.1 Å². The van der Waals surface area contributed by atoms with Gasteiger partial charge in [-0.25, -0.2) is 0 Å². The molecule has 3 rings (SSSR count). The highest BCUT2D eigenvalue weighted by Crippen LogP contribution is 2.35. The predicted octanol–water partition coefficient (Wildman–Crippen LogP) is 4.32. The quantitative estimate of drug-likeness (QED) is 0.413. The number of benzene rings is 2. The number of aryl methyl sites for hydroxylation is 2. The predicted molar refractivity (Wildman–Crippen MR) is 125 cm³/mol. The van der Waals surface area contributed by atoms with Crippen LogP contribution in [0.25, 0.3) is 6.08 Å². The average molecular weight is 439 g/mol. The van der Waals surface area contributed by atoms with Crippen molar-refractivity contribution in [1.82, 2.24) is 5.32 Å². The maximum absolute atomic E-state index is 13.4. The number of methoxy groups -OCH3 is 1. The summed E-state index contributed by atoms with van der Waals surface area (Å²) in [6.45, 7) is 7.79. The van der Waals surface area contributed by atoms with E-state index in [1.165, 1.54) is 11.0 Å². The topological polar surface area (TPSA) is 67.9 Å².